The molecule has 1 aliphatic carbocycles. The van der Waals surface area contributed by atoms with Crippen molar-refractivity contribution in [2.75, 3.05) is 0 Å². The number of hydrogen-bond acceptors (Lipinski definition) is 4. The molecule has 6 aromatic carbocycles. The summed E-state index contributed by atoms with van der Waals surface area (Å²) in [6.45, 7) is 14.9. The third kappa shape index (κ3) is 6.27. The van der Waals surface area contributed by atoms with Crippen molar-refractivity contribution in [2.24, 2.45) is 0 Å². The Bertz CT molecular complexity index is 2200. The highest BCUT2D eigenvalue weighted by Crippen LogP contribution is 2.59. The van der Waals surface area contributed by atoms with Gasteiger partial charge in [-0.05, 0) is 119 Å². The van der Waals surface area contributed by atoms with Crippen molar-refractivity contribution in [3.63, 3.8) is 0 Å². The molecule has 6 aromatic rings. The monoisotopic (exact) mass is 670 g/mol. The van der Waals surface area contributed by atoms with Crippen molar-refractivity contribution in [1.29, 1.82) is 0 Å². The van der Waals surface area contributed by atoms with E-state index in [1.165, 1.54) is 10.8 Å². The van der Waals surface area contributed by atoms with Crippen LogP contribution in [0.2, 0.25) is 0 Å². The van der Waals surface area contributed by atoms with E-state index < -0.39 is 29.6 Å². The van der Waals surface area contributed by atoms with Crippen molar-refractivity contribution >= 4 is 33.5 Å². The fraction of sp³-hybridized carbons (Fsp3) is 0.191. The molecule has 7 rings (SSSR count). The number of carbonyl (C=O) groups excluding carboxylic acids is 2. The molecule has 0 aliphatic heterocycles. The maximum absolute atomic E-state index is 13.0. The van der Waals surface area contributed by atoms with Crippen LogP contribution >= 0.6 is 0 Å². The van der Waals surface area contributed by atoms with Crippen LogP contribution < -0.4 is 0 Å². The average molecular weight is 671 g/mol. The number of fused-ring (bicyclic) bond motifs is 5. The Balaban J connectivity index is 1.52. The Morgan fingerprint density at radius 2 is 0.902 bits per heavy atom. The van der Waals surface area contributed by atoms with Gasteiger partial charge >= 0.3 is 11.9 Å². The van der Waals surface area contributed by atoms with E-state index in [1.807, 2.05) is 13.8 Å². The Hall–Kier alpha value is -5.74. The zero-order chi connectivity index (χ0) is 35.9. The van der Waals surface area contributed by atoms with Crippen LogP contribution in [0.25, 0.3) is 54.9 Å². The maximum Gasteiger partial charge on any atom is 0.333 e. The van der Waals surface area contributed by atoms with Gasteiger partial charge in [-0.3, -0.25) is 0 Å². The zero-order valence-corrected chi connectivity index (χ0v) is 29.7. The summed E-state index contributed by atoms with van der Waals surface area (Å²) in [7, 11) is 0. The molecule has 0 spiro atoms. The molecule has 4 nitrogen and oxygen atoms in total. The summed E-state index contributed by atoms with van der Waals surface area (Å²) in [5.41, 5.74) is 8.85. The van der Waals surface area contributed by atoms with Gasteiger partial charge in [0, 0.05) is 16.6 Å². The smallest absolute Gasteiger partial charge is 0.333 e. The summed E-state index contributed by atoms with van der Waals surface area (Å²) in [6, 6.07) is 43.0. The highest BCUT2D eigenvalue weighted by Gasteiger charge is 2.49. The summed E-state index contributed by atoms with van der Waals surface area (Å²) in [5.74, 6) is -0.855. The third-order valence-corrected chi connectivity index (χ3v) is 10.1. The first-order chi connectivity index (χ1) is 24.6. The first kappa shape index (κ1) is 33.7. The van der Waals surface area contributed by atoms with Crippen LogP contribution in [0.3, 0.4) is 0 Å². The molecule has 254 valence electrons. The second-order valence-corrected chi connectivity index (χ2v) is 14.1. The fourth-order valence-electron chi connectivity index (χ4n) is 8.03. The van der Waals surface area contributed by atoms with E-state index in [2.05, 4.69) is 134 Å². The molecule has 0 N–H and O–H groups in total. The lowest BCUT2D eigenvalue weighted by Gasteiger charge is -2.38. The van der Waals surface area contributed by atoms with Gasteiger partial charge in [-0.15, -0.1) is 0 Å². The van der Waals surface area contributed by atoms with Gasteiger partial charge in [-0.2, -0.15) is 0 Å². The SMILES string of the molecule is C=C(C)C(=O)OC(C)CC1(CC(C)OC(=O)C(=C)C)c2c(-c3ccc4ccccc4c3)cccc2-c2cccc(-c3ccc4ccccc4c3)c21. The predicted octanol–water partition coefficient (Wildman–Crippen LogP) is 11.4. The molecule has 0 saturated heterocycles. The van der Waals surface area contributed by atoms with Crippen LogP contribution in [0.1, 0.15) is 51.7 Å². The number of ether oxygens (including phenoxy) is 2. The number of benzene rings is 6. The first-order valence-corrected chi connectivity index (χ1v) is 17.5. The van der Waals surface area contributed by atoms with Crippen LogP contribution in [0.15, 0.2) is 146 Å². The minimum atomic E-state index is -0.737. The van der Waals surface area contributed by atoms with Crippen LogP contribution in [0, 0.1) is 0 Å². The number of hydrogen-bond donors (Lipinski definition) is 0. The van der Waals surface area contributed by atoms with Gasteiger partial charge < -0.3 is 9.47 Å². The van der Waals surface area contributed by atoms with E-state index >= 15 is 0 Å². The predicted molar refractivity (Wildman–Crippen MR) is 209 cm³/mol. The normalized spacial score (nSPS) is 14.0. The zero-order valence-electron chi connectivity index (χ0n) is 29.7. The van der Waals surface area contributed by atoms with Crippen molar-refractivity contribution in [2.45, 2.75) is 58.2 Å². The van der Waals surface area contributed by atoms with Crippen molar-refractivity contribution < 1.29 is 19.1 Å². The molecule has 1 aliphatic rings. The molecule has 4 heteroatoms. The molecule has 51 heavy (non-hydrogen) atoms. The molecule has 0 heterocycles. The topological polar surface area (TPSA) is 52.6 Å². The summed E-state index contributed by atoms with van der Waals surface area (Å²) < 4.78 is 12.2. The van der Waals surface area contributed by atoms with Gasteiger partial charge in [-0.1, -0.05) is 122 Å². The number of rotatable bonds is 10. The molecule has 2 unspecified atom stereocenters. The van der Waals surface area contributed by atoms with Gasteiger partial charge in [-0.25, -0.2) is 9.59 Å². The molecule has 0 bridgehead atoms. The molecule has 0 fully saturated rings. The Labute approximate surface area is 300 Å². The average Bonchev–Trinajstić information content (AvgIpc) is 3.39. The molecular weight excluding hydrogens is 629 g/mol. The lowest BCUT2D eigenvalue weighted by Crippen LogP contribution is -2.37. The van der Waals surface area contributed by atoms with E-state index in [1.54, 1.807) is 13.8 Å². The number of esters is 2. The highest BCUT2D eigenvalue weighted by molar-refractivity contribution is 5.97. The summed E-state index contributed by atoms with van der Waals surface area (Å²) >= 11 is 0. The van der Waals surface area contributed by atoms with Crippen LogP contribution in [-0.2, 0) is 24.5 Å². The Morgan fingerprint density at radius 3 is 1.29 bits per heavy atom. The Morgan fingerprint density at radius 1 is 0.529 bits per heavy atom. The van der Waals surface area contributed by atoms with Crippen molar-refractivity contribution in [1.82, 2.24) is 0 Å². The summed E-state index contributed by atoms with van der Waals surface area (Å²) in [4.78, 5) is 26.0. The third-order valence-electron chi connectivity index (χ3n) is 10.1. The minimum Gasteiger partial charge on any atom is -0.459 e. The second kappa shape index (κ2) is 13.5. The highest BCUT2D eigenvalue weighted by atomic mass is 16.5. The first-order valence-electron chi connectivity index (χ1n) is 17.5. The lowest BCUT2D eigenvalue weighted by atomic mass is 9.67. The molecule has 0 aromatic heterocycles. The van der Waals surface area contributed by atoms with E-state index in [4.69, 9.17) is 9.47 Å². The van der Waals surface area contributed by atoms with Crippen molar-refractivity contribution in [3.05, 3.63) is 157 Å². The van der Waals surface area contributed by atoms with E-state index in [0.29, 0.717) is 24.0 Å². The largest absolute Gasteiger partial charge is 0.459 e. The van der Waals surface area contributed by atoms with Crippen LogP contribution in [0.4, 0.5) is 0 Å². The van der Waals surface area contributed by atoms with Gasteiger partial charge in [0.2, 0.25) is 0 Å². The van der Waals surface area contributed by atoms with Gasteiger partial charge in [0.25, 0.3) is 0 Å². The van der Waals surface area contributed by atoms with Crippen molar-refractivity contribution in [3.8, 4) is 33.4 Å². The van der Waals surface area contributed by atoms with Gasteiger partial charge in [0.05, 0.1) is 0 Å². The van der Waals surface area contributed by atoms with Crippen LogP contribution in [-0.4, -0.2) is 24.1 Å². The molecular formula is C47H42O4. The fourth-order valence-corrected chi connectivity index (χ4v) is 8.03. The summed E-state index contributed by atoms with van der Waals surface area (Å²) in [5, 5.41) is 4.64. The van der Waals surface area contributed by atoms with E-state index in [-0.39, 0.29) is 0 Å². The second-order valence-electron chi connectivity index (χ2n) is 14.1. The quantitative estimate of drug-likeness (QED) is 0.108. The summed E-state index contributed by atoms with van der Waals surface area (Å²) in [6.07, 6.45) is -0.0792. The van der Waals surface area contributed by atoms with Crippen LogP contribution in [0.5, 0.6) is 0 Å². The lowest BCUT2D eigenvalue weighted by molar-refractivity contribution is -0.144. The van der Waals surface area contributed by atoms with Gasteiger partial charge in [0.1, 0.15) is 12.2 Å². The van der Waals surface area contributed by atoms with E-state index in [0.717, 1.165) is 55.3 Å². The number of carbonyl (C=O) groups is 2. The standard InChI is InChI=1S/C47H42O4/c1-29(2)45(48)50-31(5)27-47(28-32(6)51-46(49)30(3)4)43-39(37-23-21-33-13-7-9-15-35(33)25-37)17-11-19-41(43)42-20-12-18-40(44(42)47)38-24-22-34-14-8-10-16-36(34)26-38/h7-26,31-32H,1,3,27-28H2,2,4-6H3. The molecule has 0 radical (unpaired) electrons. The van der Waals surface area contributed by atoms with E-state index in [9.17, 15) is 9.59 Å². The maximum atomic E-state index is 13.0. The molecule has 0 amide bonds. The van der Waals surface area contributed by atoms with Gasteiger partial charge in [0.15, 0.2) is 0 Å². The Kier molecular flexibility index (Phi) is 8.95. The molecule has 2 atom stereocenters. The minimum absolute atomic E-state index is 0.348. The molecule has 0 saturated carbocycles.